The number of nitrogens with zero attached hydrogens (tertiary/aromatic N) is 3. The molecule has 1 aliphatic heterocycles. The van der Waals surface area contributed by atoms with Gasteiger partial charge in [-0.15, -0.1) is 11.3 Å². The molecule has 3 rings (SSSR count). The van der Waals surface area contributed by atoms with Crippen molar-refractivity contribution in [3.05, 3.63) is 50.5 Å². The van der Waals surface area contributed by atoms with Crippen LogP contribution in [0.25, 0.3) is 0 Å². The van der Waals surface area contributed by atoms with Crippen LogP contribution in [0.2, 0.25) is 0 Å². The first-order valence-electron chi connectivity index (χ1n) is 7.25. The number of hydrogen-bond acceptors (Lipinski definition) is 6. The Balaban J connectivity index is 1.89. The van der Waals surface area contributed by atoms with Crippen molar-refractivity contribution in [2.75, 3.05) is 6.54 Å². The molecule has 0 spiro atoms. The van der Waals surface area contributed by atoms with Gasteiger partial charge in [0.1, 0.15) is 5.01 Å². The Kier molecular flexibility index (Phi) is 4.24. The van der Waals surface area contributed by atoms with Gasteiger partial charge < -0.3 is 10.0 Å². The van der Waals surface area contributed by atoms with Crippen molar-refractivity contribution in [1.29, 1.82) is 0 Å². The Morgan fingerprint density at radius 1 is 1.43 bits per heavy atom. The number of amides is 1. The molecular formula is C15H15N3O4S. The number of phenolic OH excluding ortho intramolecular Hbond substituents is 1. The quantitative estimate of drug-likeness (QED) is 0.687. The minimum atomic E-state index is -0.678. The Morgan fingerprint density at radius 2 is 2.26 bits per heavy atom. The fraction of sp³-hybridized carbons (Fsp3) is 0.333. The SMILES string of the molecule is O=C(c1ccc([N+](=O)[O-])c(O)c1)N1CCCCC1c1nccs1. The summed E-state index contributed by atoms with van der Waals surface area (Å²) in [4.78, 5) is 28.9. The molecule has 1 unspecified atom stereocenters. The van der Waals surface area contributed by atoms with Gasteiger partial charge >= 0.3 is 5.69 Å². The Hall–Kier alpha value is -2.48. The molecule has 120 valence electrons. The van der Waals surface area contributed by atoms with Crippen LogP contribution in [-0.2, 0) is 0 Å². The van der Waals surface area contributed by atoms with E-state index in [1.54, 1.807) is 11.1 Å². The molecule has 23 heavy (non-hydrogen) atoms. The summed E-state index contributed by atoms with van der Waals surface area (Å²) in [6.45, 7) is 0.612. The Bertz CT molecular complexity index is 732. The number of nitro benzene ring substituents is 1. The second-order valence-electron chi connectivity index (χ2n) is 5.34. The van der Waals surface area contributed by atoms with E-state index in [0.717, 1.165) is 36.4 Å². The van der Waals surface area contributed by atoms with Crippen LogP contribution in [0.5, 0.6) is 5.75 Å². The van der Waals surface area contributed by atoms with Crippen molar-refractivity contribution in [1.82, 2.24) is 9.88 Å². The largest absolute Gasteiger partial charge is 0.502 e. The third kappa shape index (κ3) is 3.02. The van der Waals surface area contributed by atoms with E-state index < -0.39 is 16.4 Å². The Labute approximate surface area is 136 Å². The van der Waals surface area contributed by atoms with Crippen LogP contribution < -0.4 is 0 Å². The maximum absolute atomic E-state index is 12.8. The first-order chi connectivity index (χ1) is 11.1. The molecule has 1 aromatic heterocycles. The number of carbonyl (C=O) groups excluding carboxylic acids is 1. The molecule has 0 radical (unpaired) electrons. The van der Waals surface area contributed by atoms with Gasteiger partial charge in [0.2, 0.25) is 0 Å². The molecule has 0 aliphatic carbocycles. The highest BCUT2D eigenvalue weighted by Crippen LogP contribution is 2.34. The molecule has 1 aliphatic rings. The minimum Gasteiger partial charge on any atom is -0.502 e. The standard InChI is InChI=1S/C15H15N3O4S/c19-13-9-10(4-5-11(13)18(21)22)15(20)17-7-2-1-3-12(17)14-16-6-8-23-14/h4-6,8-9,12,19H,1-3,7H2. The number of benzene rings is 1. The van der Waals surface area contributed by atoms with Crippen molar-refractivity contribution < 1.29 is 14.8 Å². The van der Waals surface area contributed by atoms with E-state index in [1.165, 1.54) is 17.4 Å². The number of piperidine rings is 1. The molecule has 0 bridgehead atoms. The molecule has 2 heterocycles. The van der Waals surface area contributed by atoms with Gasteiger partial charge in [-0.05, 0) is 31.4 Å². The zero-order chi connectivity index (χ0) is 16.4. The molecule has 1 N–H and O–H groups in total. The third-order valence-electron chi connectivity index (χ3n) is 3.92. The molecule has 2 aromatic rings. The monoisotopic (exact) mass is 333 g/mol. The van der Waals surface area contributed by atoms with Crippen LogP contribution >= 0.6 is 11.3 Å². The zero-order valence-corrected chi connectivity index (χ0v) is 13.0. The van der Waals surface area contributed by atoms with Crippen molar-refractivity contribution in [3.63, 3.8) is 0 Å². The van der Waals surface area contributed by atoms with Gasteiger partial charge in [0, 0.05) is 29.8 Å². The van der Waals surface area contributed by atoms with E-state index in [9.17, 15) is 20.0 Å². The van der Waals surface area contributed by atoms with Gasteiger partial charge in [-0.3, -0.25) is 14.9 Å². The van der Waals surface area contributed by atoms with Gasteiger partial charge in [0.05, 0.1) is 11.0 Å². The second kappa shape index (κ2) is 6.33. The van der Waals surface area contributed by atoms with E-state index >= 15 is 0 Å². The molecule has 8 heteroatoms. The second-order valence-corrected chi connectivity index (χ2v) is 6.27. The first kappa shape index (κ1) is 15.4. The maximum Gasteiger partial charge on any atom is 0.310 e. The lowest BCUT2D eigenvalue weighted by molar-refractivity contribution is -0.385. The lowest BCUT2D eigenvalue weighted by Gasteiger charge is -2.34. The van der Waals surface area contributed by atoms with Gasteiger partial charge in [-0.2, -0.15) is 0 Å². The van der Waals surface area contributed by atoms with Crippen LogP contribution in [0, 0.1) is 10.1 Å². The van der Waals surface area contributed by atoms with Crippen LogP contribution in [0.4, 0.5) is 5.69 Å². The number of likely N-dealkylation sites (tertiary alicyclic amines) is 1. The highest BCUT2D eigenvalue weighted by Gasteiger charge is 2.31. The van der Waals surface area contributed by atoms with Gasteiger partial charge in [-0.1, -0.05) is 0 Å². The Morgan fingerprint density at radius 3 is 2.91 bits per heavy atom. The van der Waals surface area contributed by atoms with Crippen LogP contribution in [0.15, 0.2) is 29.8 Å². The number of hydrogen-bond donors (Lipinski definition) is 1. The molecule has 1 aromatic carbocycles. The molecule has 1 saturated heterocycles. The fourth-order valence-electron chi connectivity index (χ4n) is 2.81. The smallest absolute Gasteiger partial charge is 0.310 e. The normalized spacial score (nSPS) is 17.9. The van der Waals surface area contributed by atoms with Gasteiger partial charge in [0.25, 0.3) is 5.91 Å². The summed E-state index contributed by atoms with van der Waals surface area (Å²) < 4.78 is 0. The van der Waals surface area contributed by atoms with Crippen molar-refractivity contribution in [2.24, 2.45) is 0 Å². The number of aromatic hydroxyl groups is 1. The van der Waals surface area contributed by atoms with Crippen LogP contribution in [0.3, 0.4) is 0 Å². The number of nitro groups is 1. The molecule has 1 atom stereocenters. The summed E-state index contributed by atoms with van der Waals surface area (Å²) in [5.74, 6) is -0.737. The third-order valence-corrected chi connectivity index (χ3v) is 4.80. The van der Waals surface area contributed by atoms with E-state index in [0.29, 0.717) is 6.54 Å². The summed E-state index contributed by atoms with van der Waals surface area (Å²) in [5, 5.41) is 23.3. The van der Waals surface area contributed by atoms with E-state index in [1.807, 2.05) is 5.38 Å². The zero-order valence-electron chi connectivity index (χ0n) is 12.2. The van der Waals surface area contributed by atoms with Gasteiger partial charge in [-0.25, -0.2) is 4.98 Å². The summed E-state index contributed by atoms with van der Waals surface area (Å²) in [5.41, 5.74) is -0.159. The van der Waals surface area contributed by atoms with Crippen molar-refractivity contribution in [2.45, 2.75) is 25.3 Å². The molecule has 1 amide bonds. The molecule has 7 nitrogen and oxygen atoms in total. The number of thiazole rings is 1. The minimum absolute atomic E-state index is 0.0754. The number of aromatic nitrogens is 1. The number of carbonyl (C=O) groups is 1. The lowest BCUT2D eigenvalue weighted by atomic mass is 10.0. The molecular weight excluding hydrogens is 318 g/mol. The predicted octanol–water partition coefficient (Wildman–Crippen LogP) is 3.12. The van der Waals surface area contributed by atoms with Crippen LogP contribution in [0.1, 0.15) is 40.7 Å². The molecule has 0 saturated carbocycles. The van der Waals surface area contributed by atoms with Crippen molar-refractivity contribution in [3.8, 4) is 5.75 Å². The van der Waals surface area contributed by atoms with Crippen molar-refractivity contribution >= 4 is 22.9 Å². The predicted molar refractivity (Wildman–Crippen MR) is 84.5 cm³/mol. The highest BCUT2D eigenvalue weighted by molar-refractivity contribution is 7.09. The number of phenols is 1. The average molecular weight is 333 g/mol. The number of rotatable bonds is 3. The summed E-state index contributed by atoms with van der Waals surface area (Å²) in [6, 6.07) is 3.63. The highest BCUT2D eigenvalue weighted by atomic mass is 32.1. The van der Waals surface area contributed by atoms with Gasteiger partial charge in [0.15, 0.2) is 5.75 Å². The van der Waals surface area contributed by atoms with E-state index in [4.69, 9.17) is 0 Å². The topological polar surface area (TPSA) is 96.6 Å². The summed E-state index contributed by atoms with van der Waals surface area (Å²) >= 11 is 1.51. The van der Waals surface area contributed by atoms with E-state index in [-0.39, 0.29) is 17.5 Å². The summed E-state index contributed by atoms with van der Waals surface area (Å²) in [6.07, 6.45) is 4.50. The molecule has 1 fully saturated rings. The maximum atomic E-state index is 12.8. The lowest BCUT2D eigenvalue weighted by Crippen LogP contribution is -2.38. The van der Waals surface area contributed by atoms with Crippen LogP contribution in [-0.4, -0.2) is 32.4 Å². The fourth-order valence-corrected chi connectivity index (χ4v) is 3.59. The summed E-state index contributed by atoms with van der Waals surface area (Å²) in [7, 11) is 0. The average Bonchev–Trinajstić information content (AvgIpc) is 3.08. The van der Waals surface area contributed by atoms with E-state index in [2.05, 4.69) is 4.98 Å². The first-order valence-corrected chi connectivity index (χ1v) is 8.13.